The molecule has 4 amide bonds. The number of carbonyl (C=O) groups is 3. The van der Waals surface area contributed by atoms with Gasteiger partial charge in [-0.15, -0.1) is 0 Å². The van der Waals surface area contributed by atoms with Crippen molar-refractivity contribution < 1.29 is 45.7 Å². The van der Waals surface area contributed by atoms with Crippen molar-refractivity contribution in [3.8, 4) is 0 Å². The maximum absolute atomic E-state index is 12.2. The molecule has 0 aromatic rings. The average molecular weight is 666 g/mol. The fraction of sp³-hybridized carbons (Fsp3) is 0.900. The SMILES string of the molecule is CC(C)(C)OC(=O)NCCONC(=O)[C@@H]1CC[C@@H]2CN1C(=O)N2OS(=O)(=O)[O-].CCCC[N+](CCCC)(CCCC)CCCC. The van der Waals surface area contributed by atoms with E-state index in [9.17, 15) is 27.4 Å². The number of fused-ring (bicyclic) bond motifs is 2. The Kier molecular flexibility index (Phi) is 18.3. The highest BCUT2D eigenvalue weighted by Crippen LogP contribution is 2.30. The maximum Gasteiger partial charge on any atom is 0.407 e. The van der Waals surface area contributed by atoms with Crippen LogP contribution in [0.25, 0.3) is 0 Å². The molecule has 0 aromatic carbocycles. The van der Waals surface area contributed by atoms with Crippen LogP contribution < -0.4 is 10.8 Å². The number of alkyl carbamates (subject to hydrolysis) is 1. The van der Waals surface area contributed by atoms with Crippen LogP contribution >= 0.6 is 0 Å². The van der Waals surface area contributed by atoms with Crippen molar-refractivity contribution in [2.75, 3.05) is 45.9 Å². The van der Waals surface area contributed by atoms with Gasteiger partial charge in [-0.25, -0.2) is 23.5 Å². The van der Waals surface area contributed by atoms with Gasteiger partial charge in [-0.3, -0.25) is 9.63 Å². The number of piperidine rings is 1. The molecule has 0 saturated carbocycles. The van der Waals surface area contributed by atoms with E-state index >= 15 is 0 Å². The van der Waals surface area contributed by atoms with Crippen LogP contribution in [0.1, 0.15) is 113 Å². The molecule has 2 heterocycles. The number of unbranched alkanes of at least 4 members (excludes halogenated alkanes) is 4. The third kappa shape index (κ3) is 15.8. The molecule has 0 aromatic heterocycles. The largest absolute Gasteiger partial charge is 0.724 e. The van der Waals surface area contributed by atoms with Crippen LogP contribution in [0.3, 0.4) is 0 Å². The smallest absolute Gasteiger partial charge is 0.407 e. The van der Waals surface area contributed by atoms with E-state index in [4.69, 9.17) is 9.57 Å². The van der Waals surface area contributed by atoms with Crippen molar-refractivity contribution in [1.29, 1.82) is 0 Å². The number of hydroxylamine groups is 3. The number of hydrogen-bond acceptors (Lipinski definition) is 9. The molecule has 2 N–H and O–H groups in total. The summed E-state index contributed by atoms with van der Waals surface area (Å²) < 4.78 is 42.8. The number of nitrogens with zero attached hydrogens (tertiary/aromatic N) is 3. The first kappa shape index (κ1) is 40.8. The van der Waals surface area contributed by atoms with Crippen LogP contribution in [0.2, 0.25) is 0 Å². The van der Waals surface area contributed by atoms with Gasteiger partial charge in [-0.2, -0.15) is 9.35 Å². The first-order chi connectivity index (χ1) is 21.1. The van der Waals surface area contributed by atoms with Crippen molar-refractivity contribution in [3.63, 3.8) is 0 Å². The van der Waals surface area contributed by atoms with Crippen LogP contribution in [0.4, 0.5) is 9.59 Å². The van der Waals surface area contributed by atoms with Gasteiger partial charge in [0.1, 0.15) is 11.6 Å². The highest BCUT2D eigenvalue weighted by Gasteiger charge is 2.48. The molecule has 0 aliphatic carbocycles. The molecule has 2 bridgehead atoms. The van der Waals surface area contributed by atoms with Gasteiger partial charge in [-0.05, 0) is 59.3 Å². The maximum atomic E-state index is 12.2. The van der Waals surface area contributed by atoms with Gasteiger partial charge in [0, 0.05) is 13.1 Å². The molecular formula is C30H59N5O9S. The summed E-state index contributed by atoms with van der Waals surface area (Å²) in [6.07, 6.45) is 10.9. The second-order valence-electron chi connectivity index (χ2n) is 12.9. The van der Waals surface area contributed by atoms with Gasteiger partial charge >= 0.3 is 12.1 Å². The van der Waals surface area contributed by atoms with E-state index in [0.717, 1.165) is 4.90 Å². The third-order valence-electron chi connectivity index (χ3n) is 7.79. The Balaban J connectivity index is 0.000000512. The van der Waals surface area contributed by atoms with Crippen molar-refractivity contribution in [2.45, 2.75) is 130 Å². The molecule has 2 fully saturated rings. The Morgan fingerprint density at radius 1 is 0.933 bits per heavy atom. The molecule has 0 radical (unpaired) electrons. The lowest BCUT2D eigenvalue weighted by molar-refractivity contribution is -0.929. The summed E-state index contributed by atoms with van der Waals surface area (Å²) in [7, 11) is -5.10. The van der Waals surface area contributed by atoms with E-state index in [0.29, 0.717) is 5.06 Å². The summed E-state index contributed by atoms with van der Waals surface area (Å²) >= 11 is 0. The normalized spacial score (nSPS) is 18.4. The van der Waals surface area contributed by atoms with Crippen molar-refractivity contribution in [2.24, 2.45) is 0 Å². The topological polar surface area (TPSA) is 167 Å². The van der Waals surface area contributed by atoms with Gasteiger partial charge in [0.25, 0.3) is 5.91 Å². The summed E-state index contributed by atoms with van der Waals surface area (Å²) in [6, 6.07) is -2.40. The molecule has 2 rings (SSSR count). The second kappa shape index (κ2) is 20.1. The number of ether oxygens (including phenoxy) is 1. The lowest BCUT2D eigenvalue weighted by atomic mass is 10.0. The molecule has 2 aliphatic heterocycles. The van der Waals surface area contributed by atoms with E-state index in [1.807, 2.05) is 0 Å². The Hall–Kier alpha value is -2.20. The predicted octanol–water partition coefficient (Wildman–Crippen LogP) is 4.22. The van der Waals surface area contributed by atoms with Gasteiger partial charge in [0.2, 0.25) is 10.4 Å². The lowest BCUT2D eigenvalue weighted by Crippen LogP contribution is -2.50. The molecule has 45 heavy (non-hydrogen) atoms. The van der Waals surface area contributed by atoms with Gasteiger partial charge in [0.05, 0.1) is 38.8 Å². The van der Waals surface area contributed by atoms with E-state index in [2.05, 4.69) is 42.8 Å². The minimum atomic E-state index is -5.10. The van der Waals surface area contributed by atoms with E-state index in [-0.39, 0.29) is 32.5 Å². The summed E-state index contributed by atoms with van der Waals surface area (Å²) in [6.45, 7) is 20.3. The highest BCUT2D eigenvalue weighted by atomic mass is 32.3. The zero-order valence-electron chi connectivity index (χ0n) is 28.6. The molecule has 0 spiro atoms. The minimum Gasteiger partial charge on any atom is -0.724 e. The molecule has 2 aliphatic rings. The van der Waals surface area contributed by atoms with Crippen LogP contribution in [0, 0.1) is 0 Å². The highest BCUT2D eigenvalue weighted by molar-refractivity contribution is 7.80. The van der Waals surface area contributed by atoms with Crippen molar-refractivity contribution in [1.82, 2.24) is 20.8 Å². The van der Waals surface area contributed by atoms with E-state index in [1.54, 1.807) is 20.8 Å². The Morgan fingerprint density at radius 2 is 1.44 bits per heavy atom. The Labute approximate surface area is 270 Å². The molecule has 2 atom stereocenters. The molecule has 0 unspecified atom stereocenters. The van der Waals surface area contributed by atoms with Gasteiger partial charge in [0.15, 0.2) is 0 Å². The van der Waals surface area contributed by atoms with Crippen LogP contribution in [-0.2, 0) is 29.1 Å². The minimum absolute atomic E-state index is 0.0437. The zero-order valence-corrected chi connectivity index (χ0v) is 29.4. The summed E-state index contributed by atoms with van der Waals surface area (Å²) in [5.74, 6) is -0.615. The number of amides is 4. The van der Waals surface area contributed by atoms with E-state index < -0.39 is 46.1 Å². The number of nitrogens with one attached hydrogen (secondary N) is 2. The van der Waals surface area contributed by atoms with Crippen LogP contribution in [0.15, 0.2) is 0 Å². The second-order valence-corrected chi connectivity index (χ2v) is 13.8. The monoisotopic (exact) mass is 665 g/mol. The van der Waals surface area contributed by atoms with Gasteiger partial charge in [-0.1, -0.05) is 53.4 Å². The fourth-order valence-corrected chi connectivity index (χ4v) is 5.84. The predicted molar refractivity (Wildman–Crippen MR) is 169 cm³/mol. The number of carbonyl (C=O) groups excluding carboxylic acids is 3. The molecule has 264 valence electrons. The van der Waals surface area contributed by atoms with Gasteiger partial charge < -0.3 is 24.0 Å². The van der Waals surface area contributed by atoms with Crippen LogP contribution in [0.5, 0.6) is 0 Å². The Bertz CT molecular complexity index is 969. The Morgan fingerprint density at radius 3 is 1.89 bits per heavy atom. The summed E-state index contributed by atoms with van der Waals surface area (Å²) in [4.78, 5) is 42.0. The molecule has 15 heteroatoms. The lowest BCUT2D eigenvalue weighted by Gasteiger charge is -2.39. The first-order valence-electron chi connectivity index (χ1n) is 16.6. The number of hydrogen-bond donors (Lipinski definition) is 2. The van der Waals surface area contributed by atoms with Crippen molar-refractivity contribution in [3.05, 3.63) is 0 Å². The number of rotatable bonds is 19. The van der Waals surface area contributed by atoms with Crippen LogP contribution in [-0.4, -0.2) is 109 Å². The zero-order chi connectivity index (χ0) is 34.1. The quantitative estimate of drug-likeness (QED) is 0.0675. The molecule has 14 nitrogen and oxygen atoms in total. The third-order valence-corrected chi connectivity index (χ3v) is 8.13. The van der Waals surface area contributed by atoms with Crippen molar-refractivity contribution >= 4 is 28.4 Å². The number of quaternary nitrogens is 1. The molecule has 2 saturated heterocycles. The van der Waals surface area contributed by atoms with E-state index in [1.165, 1.54) is 82.0 Å². The fourth-order valence-electron chi connectivity index (χ4n) is 5.45. The average Bonchev–Trinajstić information content (AvgIpc) is 3.19. The number of urea groups is 1. The summed E-state index contributed by atoms with van der Waals surface area (Å²) in [5.41, 5.74) is 1.54. The first-order valence-corrected chi connectivity index (χ1v) is 17.9. The summed E-state index contributed by atoms with van der Waals surface area (Å²) in [5, 5.41) is 2.93. The standard InChI is InChI=1S/C16H36N.C14H24N4O9S/c1-5-9-13-17(14-10-6-2,15-11-7-3)16-12-8-4;1-14(2,3)26-12(20)15-6-7-25-16-11(19)10-5-4-9-8-17(10)13(21)18(9)27-28(22,23)24/h5-16H2,1-4H3;9-10H,4-8H2,1-3H3,(H,15,20)(H,16,19)(H,22,23,24)/q+1;/p-1/t;9-,10+/m.1/s1. The molecular weight excluding hydrogens is 606 g/mol.